The third-order valence-corrected chi connectivity index (χ3v) is 6.06. The third-order valence-electron chi connectivity index (χ3n) is 5.02. The Balaban J connectivity index is 1.61. The zero-order chi connectivity index (χ0) is 24.1. The number of hydrogen-bond donors (Lipinski definition) is 1. The lowest BCUT2D eigenvalue weighted by Crippen LogP contribution is -2.23. The second-order valence-corrected chi connectivity index (χ2v) is 8.64. The van der Waals surface area contributed by atoms with Crippen LogP contribution in [0.4, 0.5) is 10.1 Å². The van der Waals surface area contributed by atoms with Gasteiger partial charge >= 0.3 is 0 Å². The van der Waals surface area contributed by atoms with Gasteiger partial charge in [-0.05, 0) is 31.2 Å². The lowest BCUT2D eigenvalue weighted by atomic mass is 10.2. The predicted octanol–water partition coefficient (Wildman–Crippen LogP) is 5.21. The molecule has 0 saturated heterocycles. The molecule has 1 atom stereocenters. The molecule has 7 nitrogen and oxygen atoms in total. The van der Waals surface area contributed by atoms with Crippen LogP contribution >= 0.6 is 11.8 Å². The number of methoxy groups -OCH3 is 2. The first-order chi connectivity index (χ1) is 16.5. The lowest BCUT2D eigenvalue weighted by Gasteiger charge is -2.15. The predicted molar refractivity (Wildman–Crippen MR) is 130 cm³/mol. The molecular weight excluding hydrogens is 455 g/mol. The highest BCUT2D eigenvalue weighted by Gasteiger charge is 2.22. The van der Waals surface area contributed by atoms with Crippen molar-refractivity contribution in [2.24, 2.45) is 0 Å². The summed E-state index contributed by atoms with van der Waals surface area (Å²) in [5.74, 6) is 1.17. The van der Waals surface area contributed by atoms with Crippen LogP contribution in [0.15, 0.2) is 78.0 Å². The maximum absolute atomic E-state index is 13.6. The summed E-state index contributed by atoms with van der Waals surface area (Å²) in [4.78, 5) is 13.0. The number of hydrogen-bond acceptors (Lipinski definition) is 6. The van der Waals surface area contributed by atoms with Crippen molar-refractivity contribution in [1.29, 1.82) is 0 Å². The summed E-state index contributed by atoms with van der Waals surface area (Å²) in [5, 5.41) is 11.6. The van der Waals surface area contributed by atoms with Crippen molar-refractivity contribution < 1.29 is 18.7 Å². The first-order valence-corrected chi connectivity index (χ1v) is 11.3. The molecule has 3 aromatic carbocycles. The Morgan fingerprint density at radius 3 is 2.24 bits per heavy atom. The monoisotopic (exact) mass is 478 g/mol. The number of rotatable bonds is 8. The van der Waals surface area contributed by atoms with E-state index in [9.17, 15) is 9.18 Å². The Labute approximate surface area is 200 Å². The average Bonchev–Trinajstić information content (AvgIpc) is 3.28. The summed E-state index contributed by atoms with van der Waals surface area (Å²) in [6, 6.07) is 20.8. The highest BCUT2D eigenvalue weighted by Crippen LogP contribution is 2.31. The van der Waals surface area contributed by atoms with Crippen LogP contribution in [0, 0.1) is 5.82 Å². The molecule has 1 unspecified atom stereocenters. The van der Waals surface area contributed by atoms with Crippen LogP contribution in [0.3, 0.4) is 0 Å². The number of nitrogens with one attached hydrogen (secondary N) is 1. The molecule has 174 valence electrons. The van der Waals surface area contributed by atoms with Crippen molar-refractivity contribution in [2.45, 2.75) is 17.3 Å². The quantitative estimate of drug-likeness (QED) is 0.350. The van der Waals surface area contributed by atoms with Crippen LogP contribution in [-0.4, -0.2) is 40.1 Å². The van der Waals surface area contributed by atoms with Gasteiger partial charge in [0.05, 0.1) is 19.5 Å². The van der Waals surface area contributed by atoms with Crippen LogP contribution in [0.2, 0.25) is 0 Å². The highest BCUT2D eigenvalue weighted by molar-refractivity contribution is 8.00. The molecule has 0 saturated carbocycles. The van der Waals surface area contributed by atoms with E-state index in [1.165, 1.54) is 23.9 Å². The molecule has 34 heavy (non-hydrogen) atoms. The summed E-state index contributed by atoms with van der Waals surface area (Å²) in [6.45, 7) is 1.78. The van der Waals surface area contributed by atoms with E-state index in [0.29, 0.717) is 33.9 Å². The SMILES string of the molecule is COc1cc(NC(=O)C(C)Sc2nnc(-c3ccccc3)n2-c2ccc(F)cc2)cc(OC)c1. The van der Waals surface area contributed by atoms with Gasteiger partial charge < -0.3 is 14.8 Å². The zero-order valence-corrected chi connectivity index (χ0v) is 19.7. The topological polar surface area (TPSA) is 78.3 Å². The number of nitrogens with zero attached hydrogens (tertiary/aromatic N) is 3. The summed E-state index contributed by atoms with van der Waals surface area (Å²) in [7, 11) is 3.09. The van der Waals surface area contributed by atoms with Crippen LogP contribution in [0.25, 0.3) is 17.1 Å². The standard InChI is InChI=1S/C25H23FN4O3S/c1-16(24(31)27-19-13-21(32-2)15-22(14-19)33-3)34-25-29-28-23(17-7-5-4-6-8-17)30(25)20-11-9-18(26)10-12-20/h4-16H,1-3H3,(H,27,31). The molecular formula is C25H23FN4O3S. The van der Waals surface area contributed by atoms with Gasteiger partial charge in [-0.25, -0.2) is 4.39 Å². The number of aromatic nitrogens is 3. The maximum Gasteiger partial charge on any atom is 0.237 e. The lowest BCUT2D eigenvalue weighted by molar-refractivity contribution is -0.115. The van der Waals surface area contributed by atoms with Crippen molar-refractivity contribution in [2.75, 3.05) is 19.5 Å². The fourth-order valence-corrected chi connectivity index (χ4v) is 4.15. The number of ether oxygens (including phenoxy) is 2. The number of carbonyl (C=O) groups is 1. The van der Waals surface area contributed by atoms with Crippen molar-refractivity contribution >= 4 is 23.4 Å². The smallest absolute Gasteiger partial charge is 0.237 e. The molecule has 0 aliphatic carbocycles. The van der Waals surface area contributed by atoms with Crippen molar-refractivity contribution in [3.63, 3.8) is 0 Å². The molecule has 1 amide bonds. The van der Waals surface area contributed by atoms with Crippen LogP contribution in [0.1, 0.15) is 6.92 Å². The number of anilines is 1. The van der Waals surface area contributed by atoms with Gasteiger partial charge in [0.2, 0.25) is 5.91 Å². The van der Waals surface area contributed by atoms with Crippen LogP contribution in [-0.2, 0) is 4.79 Å². The van der Waals surface area contributed by atoms with Crippen molar-refractivity contribution in [3.05, 3.63) is 78.6 Å². The second-order valence-electron chi connectivity index (χ2n) is 7.33. The largest absolute Gasteiger partial charge is 0.497 e. The summed E-state index contributed by atoms with van der Waals surface area (Å²) in [5.41, 5.74) is 2.10. The molecule has 4 rings (SSSR count). The van der Waals surface area contributed by atoms with Gasteiger partial charge in [-0.3, -0.25) is 9.36 Å². The van der Waals surface area contributed by atoms with Crippen molar-refractivity contribution in [3.8, 4) is 28.6 Å². The maximum atomic E-state index is 13.6. The Morgan fingerprint density at radius 2 is 1.62 bits per heavy atom. The molecule has 9 heteroatoms. The number of halogens is 1. The Hall–Kier alpha value is -3.85. The first-order valence-electron chi connectivity index (χ1n) is 10.5. The van der Waals surface area contributed by atoms with Crippen LogP contribution in [0.5, 0.6) is 11.5 Å². The summed E-state index contributed by atoms with van der Waals surface area (Å²) < 4.78 is 25.9. The van der Waals surface area contributed by atoms with E-state index >= 15 is 0 Å². The zero-order valence-electron chi connectivity index (χ0n) is 18.9. The molecule has 0 aliphatic heterocycles. The molecule has 1 N–H and O–H groups in total. The summed E-state index contributed by atoms with van der Waals surface area (Å²) in [6.07, 6.45) is 0. The number of thioether (sulfide) groups is 1. The minimum atomic E-state index is -0.510. The Morgan fingerprint density at radius 1 is 0.971 bits per heavy atom. The van der Waals surface area contributed by atoms with E-state index in [1.807, 2.05) is 34.9 Å². The van der Waals surface area contributed by atoms with E-state index < -0.39 is 5.25 Å². The molecule has 1 heterocycles. The number of benzene rings is 3. The molecule has 1 aromatic heterocycles. The number of carbonyl (C=O) groups excluding carboxylic acids is 1. The molecule has 4 aromatic rings. The summed E-state index contributed by atoms with van der Waals surface area (Å²) >= 11 is 1.25. The Kier molecular flexibility index (Phi) is 7.12. The highest BCUT2D eigenvalue weighted by atomic mass is 32.2. The molecule has 0 aliphatic rings. The Bertz CT molecular complexity index is 1260. The third kappa shape index (κ3) is 5.20. The van der Waals surface area contributed by atoms with Gasteiger partial charge in [-0.1, -0.05) is 42.1 Å². The van der Waals surface area contributed by atoms with Gasteiger partial charge in [-0.15, -0.1) is 10.2 Å². The van der Waals surface area contributed by atoms with Gasteiger partial charge in [0.1, 0.15) is 17.3 Å². The van der Waals surface area contributed by atoms with Crippen molar-refractivity contribution in [1.82, 2.24) is 14.8 Å². The second kappa shape index (κ2) is 10.4. The first kappa shape index (κ1) is 23.3. The molecule has 0 bridgehead atoms. The fraction of sp³-hybridized carbons (Fsp3) is 0.160. The van der Waals surface area contributed by atoms with E-state index in [2.05, 4.69) is 15.5 Å². The minimum absolute atomic E-state index is 0.227. The van der Waals surface area contributed by atoms with Gasteiger partial charge in [0, 0.05) is 35.1 Å². The van der Waals surface area contributed by atoms with Gasteiger partial charge in [0.25, 0.3) is 0 Å². The van der Waals surface area contributed by atoms with Gasteiger partial charge in [0.15, 0.2) is 11.0 Å². The fourth-order valence-electron chi connectivity index (χ4n) is 3.28. The van der Waals surface area contributed by atoms with Crippen LogP contribution < -0.4 is 14.8 Å². The molecule has 0 fully saturated rings. The average molecular weight is 479 g/mol. The van der Waals surface area contributed by atoms with E-state index in [0.717, 1.165) is 5.56 Å². The number of amides is 1. The molecule has 0 spiro atoms. The van der Waals surface area contributed by atoms with E-state index in [4.69, 9.17) is 9.47 Å². The van der Waals surface area contributed by atoms with E-state index in [-0.39, 0.29) is 11.7 Å². The van der Waals surface area contributed by atoms with Gasteiger partial charge in [-0.2, -0.15) is 0 Å². The normalized spacial score (nSPS) is 11.6. The minimum Gasteiger partial charge on any atom is -0.497 e. The molecule has 0 radical (unpaired) electrons. The van der Waals surface area contributed by atoms with E-state index in [1.54, 1.807) is 51.5 Å².